The van der Waals surface area contributed by atoms with E-state index in [1.165, 1.54) is 11.3 Å². The summed E-state index contributed by atoms with van der Waals surface area (Å²) in [6.45, 7) is 2.06. The van der Waals surface area contributed by atoms with Crippen molar-refractivity contribution in [2.24, 2.45) is 4.99 Å². The fraction of sp³-hybridized carbons (Fsp3) is 0.111. The number of halogens is 2. The predicted molar refractivity (Wildman–Crippen MR) is 199 cm³/mol. The first kappa shape index (κ1) is 32.7. The van der Waals surface area contributed by atoms with Crippen molar-refractivity contribution in [3.05, 3.63) is 151 Å². The predicted octanol–water partition coefficient (Wildman–Crippen LogP) is 6.54. The first-order chi connectivity index (χ1) is 22.8. The number of nitrogens with zero attached hydrogens (tertiary/aromatic N) is 3. The second-order valence-electron chi connectivity index (χ2n) is 10.5. The maximum absolute atomic E-state index is 14.2. The van der Waals surface area contributed by atoms with Gasteiger partial charge in [0.2, 0.25) is 0 Å². The van der Waals surface area contributed by atoms with E-state index in [9.17, 15) is 14.9 Å². The molecule has 234 valence electrons. The molecular weight excluding hydrogens is 838 g/mol. The van der Waals surface area contributed by atoms with Crippen LogP contribution in [0.15, 0.2) is 112 Å². The summed E-state index contributed by atoms with van der Waals surface area (Å²) >= 11 is 5.72. The summed E-state index contributed by atoms with van der Waals surface area (Å²) in [5, 5.41) is 12.4. The monoisotopic (exact) mass is 864 g/mol. The lowest BCUT2D eigenvalue weighted by molar-refractivity contribution is -0.113. The number of carbonyl (C=O) groups excluding carboxylic acids is 1. The fourth-order valence-corrected chi connectivity index (χ4v) is 8.49. The lowest BCUT2D eigenvalue weighted by Gasteiger charge is -2.25. The van der Waals surface area contributed by atoms with E-state index in [-0.39, 0.29) is 18.1 Å². The number of methoxy groups -OCH3 is 1. The molecule has 8 nitrogen and oxygen atoms in total. The summed E-state index contributed by atoms with van der Waals surface area (Å²) in [4.78, 5) is 33.3. The molecule has 0 unspecified atom stereocenters. The molecule has 0 radical (unpaired) electrons. The summed E-state index contributed by atoms with van der Waals surface area (Å²) < 4.78 is 15.5. The lowest BCUT2D eigenvalue weighted by atomic mass is 9.95. The molecular formula is C36H26I2N4O4S. The summed E-state index contributed by atoms with van der Waals surface area (Å²) in [7, 11) is 1.58. The number of rotatable bonds is 8. The molecule has 0 bridgehead atoms. The molecule has 0 fully saturated rings. The average Bonchev–Trinajstić information content (AvgIpc) is 3.37. The van der Waals surface area contributed by atoms with Crippen LogP contribution in [0, 0.1) is 18.5 Å². The molecule has 0 saturated carbocycles. The quantitative estimate of drug-likeness (QED) is 0.179. The highest BCUT2D eigenvalue weighted by atomic mass is 127. The van der Waals surface area contributed by atoms with E-state index in [2.05, 4.69) is 56.6 Å². The molecule has 0 spiro atoms. The van der Waals surface area contributed by atoms with Gasteiger partial charge in [-0.15, -0.1) is 0 Å². The van der Waals surface area contributed by atoms with Crippen LogP contribution in [-0.2, 0) is 11.4 Å². The van der Waals surface area contributed by atoms with Crippen LogP contribution in [0.3, 0.4) is 0 Å². The third-order valence-corrected chi connectivity index (χ3v) is 10.1. The number of hydrogen-bond acceptors (Lipinski definition) is 7. The van der Waals surface area contributed by atoms with Crippen molar-refractivity contribution in [3.63, 3.8) is 0 Å². The second kappa shape index (κ2) is 14.2. The van der Waals surface area contributed by atoms with Crippen molar-refractivity contribution in [3.8, 4) is 17.6 Å². The van der Waals surface area contributed by atoms with E-state index in [1.807, 2.05) is 91.0 Å². The summed E-state index contributed by atoms with van der Waals surface area (Å²) in [6.07, 6.45) is 1.84. The minimum Gasteiger partial charge on any atom is -0.497 e. The number of fused-ring (bicyclic) bond motifs is 1. The number of para-hydroxylation sites is 1. The zero-order valence-corrected chi connectivity index (χ0v) is 30.3. The average molecular weight is 865 g/mol. The summed E-state index contributed by atoms with van der Waals surface area (Å²) in [5.74, 6) is 0.988. The maximum atomic E-state index is 14.2. The Morgan fingerprint density at radius 3 is 2.49 bits per heavy atom. The Hall–Kier alpha value is -4.26. The number of ether oxygens (including phenoxy) is 2. The van der Waals surface area contributed by atoms with Crippen molar-refractivity contribution < 1.29 is 14.3 Å². The number of carbonyl (C=O) groups is 1. The highest BCUT2D eigenvalue weighted by Crippen LogP contribution is 2.33. The Balaban J connectivity index is 1.40. The van der Waals surface area contributed by atoms with Crippen molar-refractivity contribution in [1.29, 1.82) is 5.26 Å². The molecule has 1 aliphatic rings. The van der Waals surface area contributed by atoms with Gasteiger partial charge in [-0.05, 0) is 112 Å². The van der Waals surface area contributed by atoms with Crippen molar-refractivity contribution in [1.82, 2.24) is 4.57 Å². The van der Waals surface area contributed by atoms with Gasteiger partial charge in [0.15, 0.2) is 4.80 Å². The topological polar surface area (TPSA) is 106 Å². The van der Waals surface area contributed by atoms with Crippen molar-refractivity contribution in [2.75, 3.05) is 12.4 Å². The van der Waals surface area contributed by atoms with Gasteiger partial charge in [0, 0.05) is 11.3 Å². The molecule has 1 aliphatic heterocycles. The van der Waals surface area contributed by atoms with E-state index in [0.29, 0.717) is 43.4 Å². The summed E-state index contributed by atoms with van der Waals surface area (Å²) in [5.41, 5.74) is 4.24. The van der Waals surface area contributed by atoms with Gasteiger partial charge in [-0.2, -0.15) is 5.26 Å². The van der Waals surface area contributed by atoms with Gasteiger partial charge in [0.25, 0.3) is 11.5 Å². The van der Waals surface area contributed by atoms with Crippen LogP contribution in [0.25, 0.3) is 6.08 Å². The van der Waals surface area contributed by atoms with E-state index in [0.717, 1.165) is 23.8 Å². The van der Waals surface area contributed by atoms with Crippen LogP contribution in [0.2, 0.25) is 0 Å². The molecule has 1 aromatic heterocycles. The Bertz CT molecular complexity index is 2250. The van der Waals surface area contributed by atoms with Crippen LogP contribution in [-0.4, -0.2) is 17.6 Å². The Labute approximate surface area is 302 Å². The molecule has 11 heteroatoms. The maximum Gasteiger partial charge on any atom is 0.271 e. The van der Waals surface area contributed by atoms with Crippen LogP contribution in [0.4, 0.5) is 5.69 Å². The van der Waals surface area contributed by atoms with Crippen LogP contribution in [0.1, 0.15) is 35.2 Å². The number of thiazole rings is 1. The van der Waals surface area contributed by atoms with Gasteiger partial charge in [-0.25, -0.2) is 4.99 Å². The van der Waals surface area contributed by atoms with Gasteiger partial charge in [0.1, 0.15) is 18.1 Å². The Morgan fingerprint density at radius 1 is 1.04 bits per heavy atom. The van der Waals surface area contributed by atoms with Gasteiger partial charge >= 0.3 is 0 Å². The Kier molecular flexibility index (Phi) is 9.90. The van der Waals surface area contributed by atoms with Crippen molar-refractivity contribution >= 4 is 74.2 Å². The van der Waals surface area contributed by atoms with E-state index in [1.54, 1.807) is 24.7 Å². The number of aromatic nitrogens is 1. The first-order valence-corrected chi connectivity index (χ1v) is 17.4. The lowest BCUT2D eigenvalue weighted by Crippen LogP contribution is -2.40. The smallest absolute Gasteiger partial charge is 0.271 e. The summed E-state index contributed by atoms with van der Waals surface area (Å²) in [6, 6.07) is 29.4. The van der Waals surface area contributed by atoms with E-state index >= 15 is 0 Å². The third kappa shape index (κ3) is 6.90. The number of amides is 1. The molecule has 1 atom stereocenters. The first-order valence-electron chi connectivity index (χ1n) is 14.4. The molecule has 2 heterocycles. The molecule has 6 rings (SSSR count). The molecule has 1 amide bonds. The van der Waals surface area contributed by atoms with Crippen LogP contribution in [0.5, 0.6) is 11.5 Å². The second-order valence-corrected chi connectivity index (χ2v) is 13.9. The van der Waals surface area contributed by atoms with Crippen LogP contribution < -0.4 is 29.7 Å². The molecule has 4 aromatic carbocycles. The Morgan fingerprint density at radius 2 is 1.77 bits per heavy atom. The number of nitriles is 1. The zero-order chi connectivity index (χ0) is 33.1. The molecule has 5 aromatic rings. The van der Waals surface area contributed by atoms with Gasteiger partial charge in [-0.1, -0.05) is 59.9 Å². The minimum atomic E-state index is -0.723. The minimum absolute atomic E-state index is 0.252. The van der Waals surface area contributed by atoms with Gasteiger partial charge < -0.3 is 14.8 Å². The number of nitrogens with one attached hydrogen (secondary N) is 1. The number of allylic oxidation sites excluding steroid dienone is 1. The normalized spacial score (nSPS) is 14.2. The SMILES string of the molecule is COc1cccc([C@H]2C(C(=O)Nc3ccccc3)=C(C)N=c3s/c(=C\c4cc(I)c(OCc5ccccc5C#N)c(I)c4)c(=O)n32)c1. The van der Waals surface area contributed by atoms with Gasteiger partial charge in [-0.3, -0.25) is 14.2 Å². The highest BCUT2D eigenvalue weighted by molar-refractivity contribution is 14.1. The largest absolute Gasteiger partial charge is 0.497 e. The number of hydrogen-bond donors (Lipinski definition) is 1. The number of benzene rings is 4. The standard InChI is InChI=1S/C36H26I2N4O4S/c1-21-31(34(43)41-26-12-4-3-5-13-26)32(23-11-8-14-27(18-23)45-2)42-35(44)30(47-36(42)40-21)17-22-15-28(37)33(29(38)16-22)46-20-25-10-7-6-9-24(25)19-39/h3-18,32H,20H2,1-2H3,(H,41,43)/b30-17-/t32-/m0/s1. The molecule has 47 heavy (non-hydrogen) atoms. The zero-order valence-electron chi connectivity index (χ0n) is 25.2. The molecule has 0 aliphatic carbocycles. The fourth-order valence-electron chi connectivity index (χ4n) is 5.32. The van der Waals surface area contributed by atoms with E-state index < -0.39 is 6.04 Å². The van der Waals surface area contributed by atoms with Gasteiger partial charge in [0.05, 0.1) is 47.7 Å². The number of anilines is 1. The molecule has 0 saturated heterocycles. The third-order valence-electron chi connectivity index (χ3n) is 7.54. The molecule has 1 N–H and O–H groups in total. The van der Waals surface area contributed by atoms with Crippen LogP contribution >= 0.6 is 56.5 Å². The highest BCUT2D eigenvalue weighted by Gasteiger charge is 2.33. The van der Waals surface area contributed by atoms with Crippen molar-refractivity contribution in [2.45, 2.75) is 19.6 Å². The van der Waals surface area contributed by atoms with E-state index in [4.69, 9.17) is 14.5 Å².